The molecule has 0 spiro atoms. The summed E-state index contributed by atoms with van der Waals surface area (Å²) in [6.45, 7) is 7.87. The van der Waals surface area contributed by atoms with E-state index in [-0.39, 0.29) is 11.9 Å². The molecular weight excluding hydrogens is 547 g/mol. The molecule has 10 nitrogen and oxygen atoms in total. The zero-order valence-electron chi connectivity index (χ0n) is 23.2. The smallest absolute Gasteiger partial charge is 0.434 e. The van der Waals surface area contributed by atoms with Crippen LogP contribution in [-0.4, -0.2) is 46.1 Å². The maximum absolute atomic E-state index is 13.3. The molecule has 0 radical (unpaired) electrons. The van der Waals surface area contributed by atoms with Gasteiger partial charge in [-0.25, -0.2) is 29.9 Å². The van der Waals surface area contributed by atoms with Crippen molar-refractivity contribution >= 4 is 23.2 Å². The minimum atomic E-state index is -4.52. The van der Waals surface area contributed by atoms with Crippen molar-refractivity contribution in [2.75, 3.05) is 12.4 Å². The summed E-state index contributed by atoms with van der Waals surface area (Å²) in [7, 11) is 1.55. The molecule has 1 fully saturated rings. The second-order valence-corrected chi connectivity index (χ2v) is 10.3. The van der Waals surface area contributed by atoms with Crippen molar-refractivity contribution in [3.63, 3.8) is 0 Å². The number of hydrogen-bond donors (Lipinski definition) is 1. The van der Waals surface area contributed by atoms with Crippen molar-refractivity contribution in [3.05, 3.63) is 66.6 Å². The molecule has 0 unspecified atom stereocenters. The molecule has 1 aliphatic carbocycles. The van der Waals surface area contributed by atoms with E-state index >= 15 is 0 Å². The molecule has 13 heteroatoms. The molecule has 42 heavy (non-hydrogen) atoms. The SMILES string of the molecule is C=Cn1cnc2c(NCc3ccc(-c4nc(C(F)(F)F)cn4C(C)C)cc3)nc(-c3c(OC)ncnc3C3CC3)nc21. The summed E-state index contributed by atoms with van der Waals surface area (Å²) < 4.78 is 48.8. The normalized spacial score (nSPS) is 13.6. The fourth-order valence-corrected chi connectivity index (χ4v) is 4.79. The Hall–Kier alpha value is -4.81. The number of nitrogens with zero attached hydrogens (tertiary/aromatic N) is 8. The average Bonchev–Trinajstić information content (AvgIpc) is 3.57. The number of rotatable bonds is 9. The average molecular weight is 576 g/mol. The van der Waals surface area contributed by atoms with Crippen molar-refractivity contribution < 1.29 is 17.9 Å². The van der Waals surface area contributed by atoms with Gasteiger partial charge in [0.2, 0.25) is 5.88 Å². The van der Waals surface area contributed by atoms with Gasteiger partial charge in [-0.05, 0) is 32.3 Å². The maximum atomic E-state index is 13.3. The molecule has 0 saturated heterocycles. The lowest BCUT2D eigenvalue weighted by Gasteiger charge is -2.13. The van der Waals surface area contributed by atoms with Gasteiger partial charge in [0, 0.05) is 36.5 Å². The fraction of sp³-hybridized carbons (Fsp3) is 0.310. The topological polar surface area (TPSA) is 108 Å². The Morgan fingerprint density at radius 2 is 1.86 bits per heavy atom. The Bertz CT molecular complexity index is 1770. The number of ether oxygens (including phenoxy) is 1. The highest BCUT2D eigenvalue weighted by Crippen LogP contribution is 2.45. The van der Waals surface area contributed by atoms with Crippen molar-refractivity contribution in [1.29, 1.82) is 0 Å². The van der Waals surface area contributed by atoms with E-state index in [1.807, 2.05) is 26.0 Å². The van der Waals surface area contributed by atoms with E-state index in [1.54, 1.807) is 36.3 Å². The van der Waals surface area contributed by atoms with Crippen LogP contribution in [-0.2, 0) is 12.7 Å². The van der Waals surface area contributed by atoms with Crippen LogP contribution in [0, 0.1) is 0 Å². The highest BCUT2D eigenvalue weighted by molar-refractivity contribution is 5.87. The van der Waals surface area contributed by atoms with Gasteiger partial charge in [0.1, 0.15) is 24.0 Å². The predicted molar refractivity (Wildman–Crippen MR) is 152 cm³/mol. The summed E-state index contributed by atoms with van der Waals surface area (Å²) in [4.78, 5) is 26.8. The van der Waals surface area contributed by atoms with Crippen LogP contribution >= 0.6 is 0 Å². The number of nitrogens with one attached hydrogen (secondary N) is 1. The summed E-state index contributed by atoms with van der Waals surface area (Å²) >= 11 is 0. The first-order valence-electron chi connectivity index (χ1n) is 13.4. The molecule has 1 N–H and O–H groups in total. The van der Waals surface area contributed by atoms with Crippen molar-refractivity contribution in [1.82, 2.24) is 39.0 Å². The van der Waals surface area contributed by atoms with Crippen molar-refractivity contribution in [2.24, 2.45) is 0 Å². The number of imidazole rings is 2. The summed E-state index contributed by atoms with van der Waals surface area (Å²) in [5.41, 5.74) is 3.16. The van der Waals surface area contributed by atoms with Gasteiger partial charge >= 0.3 is 6.18 Å². The number of methoxy groups -OCH3 is 1. The van der Waals surface area contributed by atoms with E-state index in [9.17, 15) is 13.2 Å². The van der Waals surface area contributed by atoms with E-state index in [0.717, 1.165) is 30.3 Å². The molecule has 0 bridgehead atoms. The number of hydrogen-bond acceptors (Lipinski definition) is 8. The van der Waals surface area contributed by atoms with Crippen LogP contribution in [0.3, 0.4) is 0 Å². The van der Waals surface area contributed by atoms with Gasteiger partial charge in [-0.1, -0.05) is 30.8 Å². The molecule has 4 heterocycles. The van der Waals surface area contributed by atoms with Crippen LogP contribution in [0.2, 0.25) is 0 Å². The monoisotopic (exact) mass is 575 g/mol. The third kappa shape index (κ3) is 5.06. The highest BCUT2D eigenvalue weighted by Gasteiger charge is 2.35. The van der Waals surface area contributed by atoms with Crippen LogP contribution in [0.25, 0.3) is 40.1 Å². The van der Waals surface area contributed by atoms with Gasteiger partial charge in [-0.15, -0.1) is 0 Å². The van der Waals surface area contributed by atoms with Crippen molar-refractivity contribution in [2.45, 2.75) is 51.4 Å². The summed E-state index contributed by atoms with van der Waals surface area (Å²) in [5, 5.41) is 3.35. The number of fused-ring (bicyclic) bond motifs is 1. The third-order valence-electron chi connectivity index (χ3n) is 7.09. The lowest BCUT2D eigenvalue weighted by molar-refractivity contribution is -0.140. The standard InChI is InChI=1S/C29H28F3N9O/c1-5-40-15-36-23-25(38-24(39-27(23)40)21-22(18-10-11-18)34-14-35-28(21)42-4)33-12-17-6-8-19(9-7-17)26-37-20(29(30,31)32)13-41(26)16(2)3/h5-9,13-16,18H,1,10-12H2,2-4H3,(H,33,38,39). The molecule has 0 atom stereocenters. The second kappa shape index (κ2) is 10.5. The quantitative estimate of drug-likeness (QED) is 0.217. The zero-order chi connectivity index (χ0) is 29.6. The number of halogens is 3. The molecule has 5 aromatic rings. The minimum absolute atomic E-state index is 0.191. The summed E-state index contributed by atoms with van der Waals surface area (Å²) in [6.07, 6.45) is 3.30. The molecule has 1 aromatic carbocycles. The van der Waals surface area contributed by atoms with Gasteiger partial charge in [0.25, 0.3) is 0 Å². The third-order valence-corrected chi connectivity index (χ3v) is 7.09. The van der Waals surface area contributed by atoms with Gasteiger partial charge in [-0.2, -0.15) is 13.2 Å². The summed E-state index contributed by atoms with van der Waals surface area (Å²) in [6, 6.07) is 7.02. The maximum Gasteiger partial charge on any atom is 0.434 e. The fourth-order valence-electron chi connectivity index (χ4n) is 4.79. The number of anilines is 1. The van der Waals surface area contributed by atoms with E-state index in [1.165, 1.54) is 10.9 Å². The molecule has 216 valence electrons. The highest BCUT2D eigenvalue weighted by atomic mass is 19.4. The second-order valence-electron chi connectivity index (χ2n) is 10.3. The molecule has 0 aliphatic heterocycles. The van der Waals surface area contributed by atoms with Gasteiger partial charge in [-0.3, -0.25) is 4.57 Å². The molecule has 1 aliphatic rings. The van der Waals surface area contributed by atoms with Gasteiger partial charge < -0.3 is 14.6 Å². The van der Waals surface area contributed by atoms with Crippen LogP contribution in [0.5, 0.6) is 5.88 Å². The Morgan fingerprint density at radius 1 is 1.10 bits per heavy atom. The Morgan fingerprint density at radius 3 is 2.50 bits per heavy atom. The van der Waals surface area contributed by atoms with Gasteiger partial charge in [0.05, 0.1) is 12.8 Å². The van der Waals surface area contributed by atoms with Crippen LogP contribution in [0.1, 0.15) is 55.6 Å². The lowest BCUT2D eigenvalue weighted by Crippen LogP contribution is -2.07. The number of alkyl halides is 3. The van der Waals surface area contributed by atoms with Gasteiger partial charge in [0.15, 0.2) is 28.5 Å². The van der Waals surface area contributed by atoms with E-state index < -0.39 is 11.9 Å². The molecule has 6 rings (SSSR count). The lowest BCUT2D eigenvalue weighted by atomic mass is 10.1. The van der Waals surface area contributed by atoms with Crippen LogP contribution in [0.15, 0.2) is 49.7 Å². The molecule has 1 saturated carbocycles. The predicted octanol–water partition coefficient (Wildman–Crippen LogP) is 6.35. The Labute approximate surface area is 239 Å². The zero-order valence-corrected chi connectivity index (χ0v) is 23.2. The van der Waals surface area contributed by atoms with Crippen molar-refractivity contribution in [3.8, 4) is 28.7 Å². The first-order valence-corrected chi connectivity index (χ1v) is 13.4. The molecule has 4 aromatic heterocycles. The largest absolute Gasteiger partial charge is 0.480 e. The number of aromatic nitrogens is 8. The summed E-state index contributed by atoms with van der Waals surface area (Å²) in [5.74, 6) is 1.86. The minimum Gasteiger partial charge on any atom is -0.480 e. The Balaban J connectivity index is 1.33. The first kappa shape index (κ1) is 27.4. The van der Waals surface area contributed by atoms with E-state index in [0.29, 0.717) is 52.3 Å². The van der Waals surface area contributed by atoms with Crippen LogP contribution < -0.4 is 10.1 Å². The number of benzene rings is 1. The van der Waals surface area contributed by atoms with E-state index in [2.05, 4.69) is 31.8 Å². The van der Waals surface area contributed by atoms with E-state index in [4.69, 9.17) is 14.7 Å². The molecular formula is C29H28F3N9O. The first-order chi connectivity index (χ1) is 20.2. The van der Waals surface area contributed by atoms with Crippen LogP contribution in [0.4, 0.5) is 19.0 Å². The molecule has 0 amide bonds. The Kier molecular flexibility index (Phi) is 6.87.